The predicted octanol–water partition coefficient (Wildman–Crippen LogP) is 5.24. The topological polar surface area (TPSA) is 84.2 Å². The van der Waals surface area contributed by atoms with E-state index >= 15 is 0 Å². The Morgan fingerprint density at radius 2 is 1.57 bits per heavy atom. The average Bonchev–Trinajstić information content (AvgIpc) is 2.87. The number of methoxy groups -OCH3 is 3. The number of aryl methyl sites for hydroxylation is 1. The van der Waals surface area contributed by atoms with E-state index in [2.05, 4.69) is 0 Å². The minimum Gasteiger partial charge on any atom is -0.493 e. The molecule has 35 heavy (non-hydrogen) atoms. The normalized spacial score (nSPS) is 14.9. The van der Waals surface area contributed by atoms with Crippen LogP contribution in [0.5, 0.6) is 23.0 Å². The van der Waals surface area contributed by atoms with Crippen molar-refractivity contribution in [1.82, 2.24) is 0 Å². The number of hydrogen-bond donors (Lipinski definition) is 0. The predicted molar refractivity (Wildman–Crippen MR) is 131 cm³/mol. The summed E-state index contributed by atoms with van der Waals surface area (Å²) in [6, 6.07) is 16.4. The van der Waals surface area contributed by atoms with Crippen LogP contribution in [0, 0.1) is 6.92 Å². The third-order valence-electron chi connectivity index (χ3n) is 6.34. The van der Waals surface area contributed by atoms with Gasteiger partial charge in [-0.3, -0.25) is 4.79 Å². The number of rotatable bonds is 5. The van der Waals surface area contributed by atoms with Gasteiger partial charge in [0.25, 0.3) is 0 Å². The summed E-state index contributed by atoms with van der Waals surface area (Å²) in [5.74, 6) is 1.15. The molecule has 1 unspecified atom stereocenters. The molecular formula is C28H24O7. The van der Waals surface area contributed by atoms with Gasteiger partial charge in [0.2, 0.25) is 5.75 Å². The third-order valence-corrected chi connectivity index (χ3v) is 6.34. The SMILES string of the molecule is COc1cc(C2CC(=O)Oc3c2c(C)cc2oc(=O)cc(-c4ccccc4)c32)cc(OC)c1OC. The highest BCUT2D eigenvalue weighted by molar-refractivity contribution is 6.01. The van der Waals surface area contributed by atoms with Crippen molar-refractivity contribution in [3.8, 4) is 34.1 Å². The molecule has 178 valence electrons. The molecule has 0 bridgehead atoms. The van der Waals surface area contributed by atoms with E-state index in [1.807, 2.05) is 55.5 Å². The molecular weight excluding hydrogens is 448 g/mol. The quantitative estimate of drug-likeness (QED) is 0.223. The van der Waals surface area contributed by atoms with Crippen LogP contribution in [0.25, 0.3) is 22.1 Å². The van der Waals surface area contributed by atoms with E-state index in [-0.39, 0.29) is 18.3 Å². The monoisotopic (exact) mass is 472 g/mol. The van der Waals surface area contributed by atoms with Crippen LogP contribution in [-0.4, -0.2) is 27.3 Å². The highest BCUT2D eigenvalue weighted by atomic mass is 16.5. The number of fused-ring (bicyclic) bond motifs is 3. The highest BCUT2D eigenvalue weighted by Crippen LogP contribution is 2.49. The third kappa shape index (κ3) is 3.79. The van der Waals surface area contributed by atoms with E-state index in [1.165, 1.54) is 6.07 Å². The average molecular weight is 472 g/mol. The molecule has 1 aliphatic rings. The highest BCUT2D eigenvalue weighted by Gasteiger charge is 2.34. The van der Waals surface area contributed by atoms with Crippen molar-refractivity contribution >= 4 is 16.9 Å². The van der Waals surface area contributed by atoms with Crippen LogP contribution >= 0.6 is 0 Å². The molecule has 2 heterocycles. The molecule has 4 aromatic rings. The zero-order chi connectivity index (χ0) is 24.7. The molecule has 0 spiro atoms. The van der Waals surface area contributed by atoms with Gasteiger partial charge in [-0.1, -0.05) is 30.3 Å². The maximum Gasteiger partial charge on any atom is 0.336 e. The van der Waals surface area contributed by atoms with Gasteiger partial charge in [-0.05, 0) is 41.8 Å². The molecule has 0 radical (unpaired) electrons. The van der Waals surface area contributed by atoms with Crippen molar-refractivity contribution in [3.63, 3.8) is 0 Å². The Bertz CT molecular complexity index is 1480. The molecule has 0 saturated heterocycles. The van der Waals surface area contributed by atoms with Crippen LogP contribution in [0.3, 0.4) is 0 Å². The Labute approximate surface area is 201 Å². The van der Waals surface area contributed by atoms with Gasteiger partial charge in [-0.2, -0.15) is 0 Å². The van der Waals surface area contributed by atoms with Crippen molar-refractivity contribution in [2.75, 3.05) is 21.3 Å². The summed E-state index contributed by atoms with van der Waals surface area (Å²) in [5, 5.41) is 0.585. The number of benzene rings is 3. The smallest absolute Gasteiger partial charge is 0.336 e. The van der Waals surface area contributed by atoms with E-state index in [9.17, 15) is 9.59 Å². The van der Waals surface area contributed by atoms with Crippen LogP contribution in [0.1, 0.15) is 29.0 Å². The Balaban J connectivity index is 1.82. The number of carbonyl (C=O) groups is 1. The largest absolute Gasteiger partial charge is 0.493 e. The minimum absolute atomic E-state index is 0.134. The Morgan fingerprint density at radius 3 is 2.20 bits per heavy atom. The molecule has 1 aromatic heterocycles. The maximum atomic E-state index is 12.9. The first kappa shape index (κ1) is 22.5. The molecule has 0 N–H and O–H groups in total. The molecule has 1 aliphatic heterocycles. The van der Waals surface area contributed by atoms with Gasteiger partial charge in [-0.25, -0.2) is 4.79 Å². The van der Waals surface area contributed by atoms with Crippen LogP contribution in [0.15, 0.2) is 63.8 Å². The lowest BCUT2D eigenvalue weighted by molar-refractivity contribution is -0.135. The van der Waals surface area contributed by atoms with E-state index in [1.54, 1.807) is 21.3 Å². The van der Waals surface area contributed by atoms with Gasteiger partial charge in [0.05, 0.1) is 33.1 Å². The molecule has 1 atom stereocenters. The van der Waals surface area contributed by atoms with Crippen LogP contribution in [0.2, 0.25) is 0 Å². The molecule has 0 fully saturated rings. The second-order valence-electron chi connectivity index (χ2n) is 8.34. The van der Waals surface area contributed by atoms with Gasteiger partial charge in [-0.15, -0.1) is 0 Å². The lowest BCUT2D eigenvalue weighted by Gasteiger charge is -2.29. The summed E-state index contributed by atoms with van der Waals surface area (Å²) in [6.45, 7) is 1.91. The second kappa shape index (κ2) is 8.83. The summed E-state index contributed by atoms with van der Waals surface area (Å²) < 4.78 is 28.0. The molecule has 5 rings (SSSR count). The molecule has 0 aliphatic carbocycles. The van der Waals surface area contributed by atoms with Gasteiger partial charge < -0.3 is 23.4 Å². The van der Waals surface area contributed by atoms with Crippen molar-refractivity contribution in [2.24, 2.45) is 0 Å². The fourth-order valence-electron chi connectivity index (χ4n) is 4.83. The van der Waals surface area contributed by atoms with Crippen LogP contribution in [-0.2, 0) is 4.79 Å². The minimum atomic E-state index is -0.473. The number of carbonyl (C=O) groups excluding carboxylic acids is 1. The van der Waals surface area contributed by atoms with E-state index in [0.29, 0.717) is 39.5 Å². The number of esters is 1. The van der Waals surface area contributed by atoms with Crippen LogP contribution in [0.4, 0.5) is 0 Å². The summed E-state index contributed by atoms with van der Waals surface area (Å²) >= 11 is 0. The first-order valence-corrected chi connectivity index (χ1v) is 11.1. The standard InChI is InChI=1S/C28H24O7/c1-15-10-20-26(18(13-23(29)34-20)16-8-6-5-7-9-16)28-25(15)19(14-24(30)35-28)17-11-21(31-2)27(33-4)22(12-17)32-3/h5-13,19H,14H2,1-4H3. The molecule has 7 nitrogen and oxygen atoms in total. The zero-order valence-electron chi connectivity index (χ0n) is 19.8. The summed E-state index contributed by atoms with van der Waals surface area (Å²) in [5.41, 5.74) is 3.86. The Hall–Kier alpha value is -4.26. The van der Waals surface area contributed by atoms with Gasteiger partial charge in [0, 0.05) is 23.1 Å². The van der Waals surface area contributed by atoms with Crippen molar-refractivity contribution in [1.29, 1.82) is 0 Å². The van der Waals surface area contributed by atoms with Gasteiger partial charge in [0.1, 0.15) is 11.3 Å². The van der Waals surface area contributed by atoms with Crippen molar-refractivity contribution in [2.45, 2.75) is 19.3 Å². The lowest BCUT2D eigenvalue weighted by Crippen LogP contribution is -2.22. The fraction of sp³-hybridized carbons (Fsp3) is 0.214. The first-order valence-electron chi connectivity index (χ1n) is 11.1. The first-order chi connectivity index (χ1) is 16.9. The molecule has 7 heteroatoms. The molecule has 3 aromatic carbocycles. The molecule has 0 amide bonds. The Kier molecular flexibility index (Phi) is 5.68. The molecule has 0 saturated carbocycles. The lowest BCUT2D eigenvalue weighted by atomic mass is 9.82. The zero-order valence-corrected chi connectivity index (χ0v) is 19.8. The number of hydrogen-bond acceptors (Lipinski definition) is 7. The van der Waals surface area contributed by atoms with E-state index in [4.69, 9.17) is 23.4 Å². The van der Waals surface area contributed by atoms with Crippen molar-refractivity contribution < 1.29 is 28.2 Å². The maximum absolute atomic E-state index is 12.9. The van der Waals surface area contributed by atoms with Gasteiger partial charge in [0.15, 0.2) is 11.5 Å². The van der Waals surface area contributed by atoms with Crippen LogP contribution < -0.4 is 24.6 Å². The van der Waals surface area contributed by atoms with E-state index in [0.717, 1.165) is 22.3 Å². The van der Waals surface area contributed by atoms with E-state index < -0.39 is 5.63 Å². The summed E-state index contributed by atoms with van der Waals surface area (Å²) in [4.78, 5) is 25.3. The number of ether oxygens (including phenoxy) is 4. The second-order valence-corrected chi connectivity index (χ2v) is 8.34. The van der Waals surface area contributed by atoms with Crippen molar-refractivity contribution in [3.05, 3.63) is 81.7 Å². The summed E-state index contributed by atoms with van der Waals surface area (Å²) in [7, 11) is 4.65. The fourth-order valence-corrected chi connectivity index (χ4v) is 4.83. The summed E-state index contributed by atoms with van der Waals surface area (Å²) in [6.07, 6.45) is 0.134. The Morgan fingerprint density at radius 1 is 0.886 bits per heavy atom. The van der Waals surface area contributed by atoms with Gasteiger partial charge >= 0.3 is 11.6 Å².